The van der Waals surface area contributed by atoms with Crippen molar-refractivity contribution in [3.05, 3.63) is 47.7 Å². The van der Waals surface area contributed by atoms with Gasteiger partial charge in [-0.15, -0.1) is 6.42 Å². The molecule has 0 spiro atoms. The highest BCUT2D eigenvalue weighted by molar-refractivity contribution is 5.94. The van der Waals surface area contributed by atoms with E-state index in [-0.39, 0.29) is 11.5 Å². The number of rotatable bonds is 8. The molecule has 2 rings (SSSR count). The van der Waals surface area contributed by atoms with Crippen molar-refractivity contribution in [1.82, 2.24) is 5.32 Å². The van der Waals surface area contributed by atoms with Gasteiger partial charge in [-0.3, -0.25) is 9.59 Å². The van der Waals surface area contributed by atoms with E-state index < -0.39 is 24.0 Å². The van der Waals surface area contributed by atoms with Crippen molar-refractivity contribution >= 4 is 17.7 Å². The van der Waals surface area contributed by atoms with Crippen LogP contribution in [0.5, 0.6) is 0 Å². The maximum absolute atomic E-state index is 12.1. The first-order valence-corrected chi connectivity index (χ1v) is 9.01. The second-order valence-corrected chi connectivity index (χ2v) is 6.36. The lowest BCUT2D eigenvalue weighted by atomic mass is 9.94. The lowest BCUT2D eigenvalue weighted by Crippen LogP contribution is -2.48. The molecule has 1 aromatic carbocycles. The zero-order valence-electron chi connectivity index (χ0n) is 16.2. The van der Waals surface area contributed by atoms with Gasteiger partial charge in [-0.25, -0.2) is 4.79 Å². The number of esters is 1. The average Bonchev–Trinajstić information content (AvgIpc) is 3.21. The Balaban J connectivity index is 1.98. The van der Waals surface area contributed by atoms with Crippen LogP contribution in [0.2, 0.25) is 0 Å². The minimum absolute atomic E-state index is 0.0207. The number of carbonyl (C=O) groups excluding carboxylic acids is 3. The molecule has 1 heterocycles. The van der Waals surface area contributed by atoms with Crippen LogP contribution in [-0.2, 0) is 9.53 Å². The van der Waals surface area contributed by atoms with Gasteiger partial charge >= 0.3 is 5.97 Å². The second-order valence-electron chi connectivity index (χ2n) is 6.36. The Hall–Kier alpha value is -3.33. The largest absolute Gasteiger partial charge is 0.450 e. The number of furan rings is 1. The Morgan fingerprint density at radius 2 is 1.75 bits per heavy atom. The van der Waals surface area contributed by atoms with E-state index >= 15 is 0 Å². The highest BCUT2D eigenvalue weighted by Gasteiger charge is 2.26. The van der Waals surface area contributed by atoms with Gasteiger partial charge in [-0.1, -0.05) is 44.0 Å². The predicted molar refractivity (Wildman–Crippen MR) is 105 cm³/mol. The number of ketones is 1. The Kier molecular flexibility index (Phi) is 6.78. The first-order chi connectivity index (χ1) is 13.3. The molecular weight excluding hydrogens is 358 g/mol. The molecule has 0 aliphatic carbocycles. The molecule has 2 aromatic rings. The fraction of sp³-hybridized carbons (Fsp3) is 0.318. The summed E-state index contributed by atoms with van der Waals surface area (Å²) < 4.78 is 10.5. The van der Waals surface area contributed by atoms with Crippen LogP contribution in [-0.4, -0.2) is 29.8 Å². The third-order valence-corrected chi connectivity index (χ3v) is 4.58. The monoisotopic (exact) mass is 381 g/mol. The molecule has 0 saturated heterocycles. The molecule has 1 N–H and O–H groups in total. The number of ether oxygens (including phenoxy) is 1. The molecule has 0 atom stereocenters. The Labute approximate surface area is 164 Å². The van der Waals surface area contributed by atoms with E-state index in [1.165, 1.54) is 13.0 Å². The molecule has 28 heavy (non-hydrogen) atoms. The Bertz CT molecular complexity index is 898. The van der Waals surface area contributed by atoms with Gasteiger partial charge in [0.1, 0.15) is 11.3 Å². The summed E-state index contributed by atoms with van der Waals surface area (Å²) in [6, 6.07) is 9.92. The quantitative estimate of drug-likeness (QED) is 0.429. The third kappa shape index (κ3) is 4.89. The molecule has 6 heteroatoms. The summed E-state index contributed by atoms with van der Waals surface area (Å²) in [6.07, 6.45) is 6.65. The summed E-state index contributed by atoms with van der Waals surface area (Å²) in [5.41, 5.74) is 0.558. The van der Waals surface area contributed by atoms with Gasteiger partial charge in [0.2, 0.25) is 5.76 Å². The summed E-state index contributed by atoms with van der Waals surface area (Å²) >= 11 is 0. The third-order valence-electron chi connectivity index (χ3n) is 4.58. The van der Waals surface area contributed by atoms with E-state index in [1.807, 2.05) is 13.8 Å². The lowest BCUT2D eigenvalue weighted by Gasteiger charge is -2.26. The van der Waals surface area contributed by atoms with E-state index in [4.69, 9.17) is 15.6 Å². The zero-order valence-corrected chi connectivity index (χ0v) is 16.2. The number of amides is 1. The molecule has 146 valence electrons. The van der Waals surface area contributed by atoms with Crippen molar-refractivity contribution in [2.45, 2.75) is 39.2 Å². The predicted octanol–water partition coefficient (Wildman–Crippen LogP) is 3.61. The topological polar surface area (TPSA) is 85.6 Å². The van der Waals surface area contributed by atoms with Crippen LogP contribution < -0.4 is 5.32 Å². The van der Waals surface area contributed by atoms with Crippen molar-refractivity contribution in [3.8, 4) is 23.7 Å². The van der Waals surface area contributed by atoms with Crippen molar-refractivity contribution in [2.75, 3.05) is 6.61 Å². The minimum atomic E-state index is -0.749. The molecule has 0 radical (unpaired) electrons. The summed E-state index contributed by atoms with van der Waals surface area (Å²) in [4.78, 5) is 35.5. The van der Waals surface area contributed by atoms with Crippen molar-refractivity contribution in [3.63, 3.8) is 0 Å². The molecule has 1 amide bonds. The number of terminal acetylenes is 1. The number of nitrogens with one attached hydrogen (secondary N) is 1. The van der Waals surface area contributed by atoms with Gasteiger partial charge in [0.05, 0.1) is 0 Å². The van der Waals surface area contributed by atoms with Crippen LogP contribution in [0.3, 0.4) is 0 Å². The van der Waals surface area contributed by atoms with Gasteiger partial charge in [0, 0.05) is 11.1 Å². The molecule has 0 unspecified atom stereocenters. The molecule has 6 nitrogen and oxygen atoms in total. The first kappa shape index (κ1) is 21.0. The van der Waals surface area contributed by atoms with E-state index in [0.29, 0.717) is 29.7 Å². The van der Waals surface area contributed by atoms with E-state index in [2.05, 4.69) is 11.2 Å². The summed E-state index contributed by atoms with van der Waals surface area (Å²) in [6.45, 7) is 4.79. The van der Waals surface area contributed by atoms with Crippen LogP contribution in [0, 0.1) is 12.3 Å². The van der Waals surface area contributed by atoms with Gasteiger partial charge in [0.15, 0.2) is 12.4 Å². The average molecular weight is 381 g/mol. The molecule has 0 fully saturated rings. The van der Waals surface area contributed by atoms with Crippen LogP contribution in [0.25, 0.3) is 11.3 Å². The van der Waals surface area contributed by atoms with Crippen molar-refractivity contribution in [2.24, 2.45) is 0 Å². The standard InChI is InChI=1S/C22H23NO5/c1-5-22(6-2,7-3)23-20(25)14-27-21(26)19-13-12-18(28-19)17-10-8-16(9-11-17)15(4)24/h1,8-13H,6-7,14H2,2-4H3,(H,23,25). The van der Waals surface area contributed by atoms with E-state index in [9.17, 15) is 14.4 Å². The smallest absolute Gasteiger partial charge is 0.374 e. The van der Waals surface area contributed by atoms with Crippen molar-refractivity contribution < 1.29 is 23.5 Å². The minimum Gasteiger partial charge on any atom is -0.450 e. The Morgan fingerprint density at radius 1 is 1.11 bits per heavy atom. The molecule has 0 aliphatic rings. The van der Waals surface area contributed by atoms with Crippen LogP contribution in [0.15, 0.2) is 40.8 Å². The fourth-order valence-electron chi connectivity index (χ4n) is 2.64. The second kappa shape index (κ2) is 9.05. The highest BCUT2D eigenvalue weighted by atomic mass is 16.5. The Morgan fingerprint density at radius 3 is 2.29 bits per heavy atom. The van der Waals surface area contributed by atoms with Crippen LogP contribution in [0.4, 0.5) is 0 Å². The molecule has 0 aliphatic heterocycles. The lowest BCUT2D eigenvalue weighted by molar-refractivity contribution is -0.125. The number of carbonyl (C=O) groups is 3. The molecule has 0 bridgehead atoms. The number of Topliss-reactive ketones (excluding diaryl/α,β-unsaturated/α-hetero) is 1. The molecular formula is C22H23NO5. The van der Waals surface area contributed by atoms with Crippen LogP contribution in [0.1, 0.15) is 54.5 Å². The maximum atomic E-state index is 12.1. The number of hydrogen-bond donors (Lipinski definition) is 1. The highest BCUT2D eigenvalue weighted by Crippen LogP contribution is 2.23. The van der Waals surface area contributed by atoms with E-state index in [0.717, 1.165) is 0 Å². The number of hydrogen-bond acceptors (Lipinski definition) is 5. The maximum Gasteiger partial charge on any atom is 0.374 e. The van der Waals surface area contributed by atoms with Gasteiger partial charge < -0.3 is 14.5 Å². The van der Waals surface area contributed by atoms with Crippen LogP contribution >= 0.6 is 0 Å². The number of benzene rings is 1. The van der Waals surface area contributed by atoms with Crippen molar-refractivity contribution in [1.29, 1.82) is 0 Å². The summed E-state index contributed by atoms with van der Waals surface area (Å²) in [5, 5.41) is 2.72. The SMILES string of the molecule is C#CC(CC)(CC)NC(=O)COC(=O)c1ccc(-c2ccc(C(C)=O)cc2)o1. The summed E-state index contributed by atoms with van der Waals surface area (Å²) in [5.74, 6) is 1.76. The first-order valence-electron chi connectivity index (χ1n) is 9.01. The summed E-state index contributed by atoms with van der Waals surface area (Å²) in [7, 11) is 0. The normalized spacial score (nSPS) is 10.8. The van der Waals surface area contributed by atoms with Gasteiger partial charge in [-0.05, 0) is 31.9 Å². The molecule has 0 saturated carbocycles. The van der Waals surface area contributed by atoms with E-state index in [1.54, 1.807) is 30.3 Å². The van der Waals surface area contributed by atoms with Gasteiger partial charge in [-0.2, -0.15) is 0 Å². The van der Waals surface area contributed by atoms with Gasteiger partial charge in [0.25, 0.3) is 5.91 Å². The molecule has 1 aromatic heterocycles. The zero-order chi connectivity index (χ0) is 20.7. The fourth-order valence-corrected chi connectivity index (χ4v) is 2.64.